The molecule has 3 rings (SSSR count). The molecule has 3 aromatic carbocycles. The predicted octanol–water partition coefficient (Wildman–Crippen LogP) is 5.64. The fraction of sp³-hybridized carbons (Fsp3) is 0.125. The Morgan fingerprint density at radius 3 is 2.03 bits per heavy atom. The first-order valence-corrected chi connectivity index (χ1v) is 9.73. The third-order valence-corrected chi connectivity index (χ3v) is 4.77. The number of para-hydroxylation sites is 1. The SMILES string of the molecule is COC(=O)c1ccccc1Nc1ccc(C(F)(F)F)cc1Nc1ccc(C#N)cc1C(=O)OC. The van der Waals surface area contributed by atoms with Gasteiger partial charge >= 0.3 is 18.1 Å². The van der Waals surface area contributed by atoms with Gasteiger partial charge in [0.25, 0.3) is 0 Å². The Bertz CT molecular complexity index is 1280. The molecular weight excluding hydrogens is 451 g/mol. The maximum absolute atomic E-state index is 13.4. The lowest BCUT2D eigenvalue weighted by atomic mass is 10.1. The molecule has 7 nitrogen and oxygen atoms in total. The molecule has 174 valence electrons. The van der Waals surface area contributed by atoms with E-state index in [0.717, 1.165) is 19.2 Å². The molecule has 0 amide bonds. The van der Waals surface area contributed by atoms with E-state index in [4.69, 9.17) is 14.7 Å². The smallest absolute Gasteiger partial charge is 0.416 e. The molecule has 2 N–H and O–H groups in total. The van der Waals surface area contributed by atoms with Gasteiger partial charge in [-0.15, -0.1) is 0 Å². The Hall–Kier alpha value is -4.52. The van der Waals surface area contributed by atoms with Gasteiger partial charge in [-0.3, -0.25) is 0 Å². The number of carbonyl (C=O) groups excluding carboxylic acids is 2. The summed E-state index contributed by atoms with van der Waals surface area (Å²) < 4.78 is 49.8. The van der Waals surface area contributed by atoms with Crippen molar-refractivity contribution in [2.24, 2.45) is 0 Å². The van der Waals surface area contributed by atoms with Crippen LogP contribution in [0.1, 0.15) is 31.8 Å². The van der Waals surface area contributed by atoms with Crippen LogP contribution >= 0.6 is 0 Å². The van der Waals surface area contributed by atoms with Gasteiger partial charge in [0.15, 0.2) is 0 Å². The molecule has 0 saturated carbocycles. The highest BCUT2D eigenvalue weighted by molar-refractivity contribution is 5.99. The molecule has 0 aliphatic rings. The number of nitrogens with zero attached hydrogens (tertiary/aromatic N) is 1. The standard InChI is InChI=1S/C24H18F3N3O4/c1-33-22(31)16-5-3-4-6-18(16)29-20-10-8-15(24(25,26)27)12-21(20)30-19-9-7-14(13-28)11-17(19)23(32)34-2/h3-12,29-30H,1-2H3. The third-order valence-electron chi connectivity index (χ3n) is 4.77. The van der Waals surface area contributed by atoms with Crippen LogP contribution in [-0.2, 0) is 15.7 Å². The van der Waals surface area contributed by atoms with E-state index in [1.807, 2.05) is 6.07 Å². The fourth-order valence-electron chi connectivity index (χ4n) is 3.10. The lowest BCUT2D eigenvalue weighted by molar-refractivity contribution is -0.137. The van der Waals surface area contributed by atoms with Crippen molar-refractivity contribution in [2.75, 3.05) is 24.9 Å². The van der Waals surface area contributed by atoms with E-state index in [2.05, 4.69) is 10.6 Å². The average molecular weight is 469 g/mol. The van der Waals surface area contributed by atoms with Crippen molar-refractivity contribution < 1.29 is 32.2 Å². The number of esters is 2. The summed E-state index contributed by atoms with van der Waals surface area (Å²) in [6, 6.07) is 15.2. The molecule has 0 saturated heterocycles. The zero-order chi connectivity index (χ0) is 24.9. The van der Waals surface area contributed by atoms with Gasteiger partial charge in [-0.1, -0.05) is 12.1 Å². The minimum absolute atomic E-state index is 0.0376. The summed E-state index contributed by atoms with van der Waals surface area (Å²) in [5, 5.41) is 14.9. The molecule has 34 heavy (non-hydrogen) atoms. The maximum atomic E-state index is 13.4. The molecule has 0 heterocycles. The van der Waals surface area contributed by atoms with Crippen molar-refractivity contribution in [3.05, 3.63) is 82.9 Å². The maximum Gasteiger partial charge on any atom is 0.416 e. The number of benzene rings is 3. The van der Waals surface area contributed by atoms with Crippen LogP contribution in [0.4, 0.5) is 35.9 Å². The third kappa shape index (κ3) is 5.27. The Morgan fingerprint density at radius 1 is 0.794 bits per heavy atom. The van der Waals surface area contributed by atoms with Gasteiger partial charge in [0, 0.05) is 0 Å². The van der Waals surface area contributed by atoms with E-state index in [-0.39, 0.29) is 33.8 Å². The highest BCUT2D eigenvalue weighted by Crippen LogP contribution is 2.37. The summed E-state index contributed by atoms with van der Waals surface area (Å²) >= 11 is 0. The lowest BCUT2D eigenvalue weighted by Gasteiger charge is -2.19. The molecule has 0 aliphatic carbocycles. The van der Waals surface area contributed by atoms with Crippen LogP contribution in [0.25, 0.3) is 0 Å². The molecule has 0 atom stereocenters. The van der Waals surface area contributed by atoms with Gasteiger partial charge in [0.2, 0.25) is 0 Å². The van der Waals surface area contributed by atoms with Crippen molar-refractivity contribution in [1.82, 2.24) is 0 Å². The molecule has 0 bridgehead atoms. The monoisotopic (exact) mass is 469 g/mol. The first-order chi connectivity index (χ1) is 16.2. The van der Waals surface area contributed by atoms with Gasteiger partial charge < -0.3 is 20.1 Å². The molecule has 0 fully saturated rings. The van der Waals surface area contributed by atoms with E-state index in [9.17, 15) is 22.8 Å². The summed E-state index contributed by atoms with van der Waals surface area (Å²) in [5.74, 6) is -1.42. The number of methoxy groups -OCH3 is 2. The van der Waals surface area contributed by atoms with Gasteiger partial charge in [0.1, 0.15) is 0 Å². The molecule has 10 heteroatoms. The minimum atomic E-state index is -4.63. The molecule has 0 aromatic heterocycles. The van der Waals surface area contributed by atoms with Gasteiger partial charge in [-0.25, -0.2) is 9.59 Å². The Kier molecular flexibility index (Phi) is 7.06. The zero-order valence-electron chi connectivity index (χ0n) is 18.0. The minimum Gasteiger partial charge on any atom is -0.465 e. The molecular formula is C24H18F3N3O4. The number of rotatable bonds is 6. The summed E-state index contributed by atoms with van der Waals surface area (Å²) in [6.07, 6.45) is -4.63. The molecule has 0 spiro atoms. The largest absolute Gasteiger partial charge is 0.465 e. The molecule has 3 aromatic rings. The number of nitrogens with one attached hydrogen (secondary N) is 2. The Morgan fingerprint density at radius 2 is 1.38 bits per heavy atom. The normalized spacial score (nSPS) is 10.7. The highest BCUT2D eigenvalue weighted by atomic mass is 19.4. The fourth-order valence-corrected chi connectivity index (χ4v) is 3.10. The van der Waals surface area contributed by atoms with Crippen LogP contribution in [0.15, 0.2) is 60.7 Å². The summed E-state index contributed by atoms with van der Waals surface area (Å²) in [7, 11) is 2.36. The van der Waals surface area contributed by atoms with Crippen molar-refractivity contribution in [1.29, 1.82) is 5.26 Å². The van der Waals surface area contributed by atoms with Crippen molar-refractivity contribution in [3.8, 4) is 6.07 Å². The zero-order valence-corrected chi connectivity index (χ0v) is 18.0. The number of alkyl halides is 3. The van der Waals surface area contributed by atoms with Crippen LogP contribution < -0.4 is 10.6 Å². The average Bonchev–Trinajstić information content (AvgIpc) is 2.84. The second-order valence-electron chi connectivity index (χ2n) is 6.91. The van der Waals surface area contributed by atoms with E-state index < -0.39 is 23.7 Å². The number of hydrogen-bond acceptors (Lipinski definition) is 7. The van der Waals surface area contributed by atoms with Crippen LogP contribution in [0.3, 0.4) is 0 Å². The van der Waals surface area contributed by atoms with Gasteiger partial charge in [-0.2, -0.15) is 18.4 Å². The quantitative estimate of drug-likeness (QED) is 0.451. The summed E-state index contributed by atoms with van der Waals surface area (Å²) in [6.45, 7) is 0. The van der Waals surface area contributed by atoms with Crippen molar-refractivity contribution >= 4 is 34.7 Å². The van der Waals surface area contributed by atoms with Crippen LogP contribution in [0.5, 0.6) is 0 Å². The van der Waals surface area contributed by atoms with Gasteiger partial charge in [-0.05, 0) is 48.5 Å². The van der Waals surface area contributed by atoms with Gasteiger partial charge in [0.05, 0.1) is 65.3 Å². The molecule has 0 unspecified atom stereocenters. The summed E-state index contributed by atoms with van der Waals surface area (Å²) in [4.78, 5) is 24.3. The number of carbonyl (C=O) groups is 2. The first-order valence-electron chi connectivity index (χ1n) is 9.73. The second-order valence-corrected chi connectivity index (χ2v) is 6.91. The Labute approximate surface area is 192 Å². The van der Waals surface area contributed by atoms with E-state index in [1.54, 1.807) is 18.2 Å². The number of ether oxygens (including phenoxy) is 2. The van der Waals surface area contributed by atoms with E-state index >= 15 is 0 Å². The number of anilines is 4. The summed E-state index contributed by atoms with van der Waals surface area (Å²) in [5.41, 5.74) is -0.0757. The van der Waals surface area contributed by atoms with Crippen molar-refractivity contribution in [2.45, 2.75) is 6.18 Å². The second kappa shape index (κ2) is 9.95. The van der Waals surface area contributed by atoms with Crippen LogP contribution in [0, 0.1) is 11.3 Å². The van der Waals surface area contributed by atoms with E-state index in [1.165, 1.54) is 37.4 Å². The highest BCUT2D eigenvalue weighted by Gasteiger charge is 2.31. The molecule has 0 aliphatic heterocycles. The number of halogens is 3. The first kappa shape index (κ1) is 24.1. The van der Waals surface area contributed by atoms with Crippen LogP contribution in [0.2, 0.25) is 0 Å². The van der Waals surface area contributed by atoms with Crippen molar-refractivity contribution in [3.63, 3.8) is 0 Å². The van der Waals surface area contributed by atoms with E-state index in [0.29, 0.717) is 5.69 Å². The topological polar surface area (TPSA) is 100 Å². The number of nitriles is 1. The molecule has 0 radical (unpaired) electrons. The van der Waals surface area contributed by atoms with Crippen LogP contribution in [-0.4, -0.2) is 26.2 Å². The lowest BCUT2D eigenvalue weighted by Crippen LogP contribution is -2.10. The predicted molar refractivity (Wildman–Crippen MR) is 118 cm³/mol. The Balaban J connectivity index is 2.12. The number of hydrogen-bond donors (Lipinski definition) is 2.